The Morgan fingerprint density at radius 3 is 2.38 bits per heavy atom. The molecule has 88 valence electrons. The minimum absolute atomic E-state index is 0.533. The number of Topliss-reactive ketones (excluding diaryl/α,β-unsaturated/α-hetero) is 1. The molecule has 1 unspecified atom stereocenters. The maximum Gasteiger partial charge on any atom is 0.417 e. The molecule has 0 spiro atoms. The molecule has 16 heavy (non-hydrogen) atoms. The van der Waals surface area contributed by atoms with E-state index in [1.807, 2.05) is 0 Å². The molecule has 0 saturated carbocycles. The van der Waals surface area contributed by atoms with Crippen molar-refractivity contribution in [3.63, 3.8) is 0 Å². The van der Waals surface area contributed by atoms with Gasteiger partial charge in [-0.2, -0.15) is 13.2 Å². The summed E-state index contributed by atoms with van der Waals surface area (Å²) in [4.78, 5) is 11.4. The fraction of sp³-hybridized carbons (Fsp3) is 0.300. The number of benzene rings is 1. The highest BCUT2D eigenvalue weighted by molar-refractivity contribution is 6.01. The second kappa shape index (κ2) is 4.21. The number of alkyl halides is 3. The van der Waals surface area contributed by atoms with E-state index in [1.165, 1.54) is 6.92 Å². The minimum Gasteiger partial charge on any atom is -0.321 e. The lowest BCUT2D eigenvalue weighted by Gasteiger charge is -2.13. The Morgan fingerprint density at radius 2 is 1.94 bits per heavy atom. The molecule has 0 aliphatic rings. The highest BCUT2D eigenvalue weighted by Gasteiger charge is 2.35. The molecule has 1 aromatic rings. The molecule has 0 amide bonds. The lowest BCUT2D eigenvalue weighted by Crippen LogP contribution is -2.29. The predicted molar refractivity (Wildman–Crippen MR) is 49.4 cm³/mol. The topological polar surface area (TPSA) is 43.1 Å². The molecule has 0 aliphatic heterocycles. The van der Waals surface area contributed by atoms with Crippen LogP contribution in [-0.2, 0) is 6.18 Å². The number of rotatable bonds is 2. The number of nitrogens with two attached hydrogens (primary N) is 1. The van der Waals surface area contributed by atoms with E-state index in [0.29, 0.717) is 18.2 Å². The summed E-state index contributed by atoms with van der Waals surface area (Å²) in [5.41, 5.74) is 3.29. The molecule has 0 fully saturated rings. The fourth-order valence-corrected chi connectivity index (χ4v) is 1.21. The van der Waals surface area contributed by atoms with Gasteiger partial charge in [0.25, 0.3) is 0 Å². The smallest absolute Gasteiger partial charge is 0.321 e. The van der Waals surface area contributed by atoms with E-state index in [9.17, 15) is 22.4 Å². The SMILES string of the molecule is CC(N)C(=O)c1cc(F)ccc1C(F)(F)F. The van der Waals surface area contributed by atoms with Gasteiger partial charge in [-0.05, 0) is 25.1 Å². The zero-order valence-electron chi connectivity index (χ0n) is 8.31. The second-order valence-corrected chi connectivity index (χ2v) is 3.34. The maximum absolute atomic E-state index is 12.8. The molecular weight excluding hydrogens is 226 g/mol. The van der Waals surface area contributed by atoms with E-state index in [-0.39, 0.29) is 0 Å². The summed E-state index contributed by atoms with van der Waals surface area (Å²) in [7, 11) is 0. The van der Waals surface area contributed by atoms with Crippen LogP contribution in [0.15, 0.2) is 18.2 Å². The summed E-state index contributed by atoms with van der Waals surface area (Å²) in [5, 5.41) is 0. The molecule has 0 saturated heterocycles. The second-order valence-electron chi connectivity index (χ2n) is 3.34. The number of ketones is 1. The van der Waals surface area contributed by atoms with Gasteiger partial charge in [0.05, 0.1) is 11.6 Å². The largest absolute Gasteiger partial charge is 0.417 e. The molecule has 2 N–H and O–H groups in total. The lowest BCUT2D eigenvalue weighted by molar-refractivity contribution is -0.137. The van der Waals surface area contributed by atoms with Crippen molar-refractivity contribution in [1.29, 1.82) is 0 Å². The van der Waals surface area contributed by atoms with Crippen LogP contribution in [0, 0.1) is 5.82 Å². The van der Waals surface area contributed by atoms with Crippen molar-refractivity contribution in [3.05, 3.63) is 35.1 Å². The normalized spacial score (nSPS) is 13.6. The number of hydrogen-bond acceptors (Lipinski definition) is 2. The van der Waals surface area contributed by atoms with Crippen LogP contribution in [0.4, 0.5) is 17.6 Å². The van der Waals surface area contributed by atoms with Gasteiger partial charge in [-0.25, -0.2) is 4.39 Å². The Bertz CT molecular complexity index is 412. The molecule has 0 radical (unpaired) electrons. The number of halogens is 4. The van der Waals surface area contributed by atoms with Crippen molar-refractivity contribution in [3.8, 4) is 0 Å². The molecule has 0 aliphatic carbocycles. The molecule has 1 atom stereocenters. The van der Waals surface area contributed by atoms with Gasteiger partial charge in [0, 0.05) is 5.56 Å². The van der Waals surface area contributed by atoms with Crippen LogP contribution < -0.4 is 5.73 Å². The van der Waals surface area contributed by atoms with Crippen molar-refractivity contribution < 1.29 is 22.4 Å². The first-order chi connectivity index (χ1) is 7.23. The first-order valence-corrected chi connectivity index (χ1v) is 4.40. The predicted octanol–water partition coefficient (Wildman–Crippen LogP) is 2.37. The maximum atomic E-state index is 12.8. The summed E-state index contributed by atoms with van der Waals surface area (Å²) in [6.45, 7) is 1.24. The summed E-state index contributed by atoms with van der Waals surface area (Å²) in [6, 6.07) is 0.628. The van der Waals surface area contributed by atoms with Gasteiger partial charge in [0.15, 0.2) is 5.78 Å². The van der Waals surface area contributed by atoms with Crippen LogP contribution in [0.3, 0.4) is 0 Å². The third kappa shape index (κ3) is 2.57. The summed E-state index contributed by atoms with van der Waals surface area (Å²) in [6.07, 6.45) is -4.70. The molecule has 0 bridgehead atoms. The van der Waals surface area contributed by atoms with Gasteiger partial charge in [-0.1, -0.05) is 0 Å². The third-order valence-corrected chi connectivity index (χ3v) is 1.97. The monoisotopic (exact) mass is 235 g/mol. The van der Waals surface area contributed by atoms with Gasteiger partial charge >= 0.3 is 6.18 Å². The summed E-state index contributed by atoms with van der Waals surface area (Å²) < 4.78 is 50.3. The van der Waals surface area contributed by atoms with Crippen LogP contribution in [0.2, 0.25) is 0 Å². The van der Waals surface area contributed by atoms with Crippen LogP contribution in [0.25, 0.3) is 0 Å². The zero-order valence-corrected chi connectivity index (χ0v) is 8.31. The Morgan fingerprint density at radius 1 is 1.38 bits per heavy atom. The molecule has 1 rings (SSSR count). The minimum atomic E-state index is -4.70. The van der Waals surface area contributed by atoms with E-state index < -0.39 is 34.9 Å². The highest BCUT2D eigenvalue weighted by atomic mass is 19.4. The molecule has 1 aromatic carbocycles. The van der Waals surface area contributed by atoms with E-state index in [0.717, 1.165) is 0 Å². The average Bonchev–Trinajstić information content (AvgIpc) is 2.14. The van der Waals surface area contributed by atoms with Gasteiger partial charge in [0.2, 0.25) is 0 Å². The molecular formula is C10H9F4NO. The van der Waals surface area contributed by atoms with Crippen molar-refractivity contribution in [2.75, 3.05) is 0 Å². The Labute approximate surface area is 89.1 Å². The summed E-state index contributed by atoms with van der Waals surface area (Å²) in [5.74, 6) is -1.84. The van der Waals surface area contributed by atoms with Crippen molar-refractivity contribution >= 4 is 5.78 Å². The lowest BCUT2D eigenvalue weighted by atomic mass is 9.99. The van der Waals surface area contributed by atoms with Gasteiger partial charge < -0.3 is 5.73 Å². The van der Waals surface area contributed by atoms with Crippen molar-refractivity contribution in [2.24, 2.45) is 5.73 Å². The van der Waals surface area contributed by atoms with Crippen LogP contribution in [-0.4, -0.2) is 11.8 Å². The molecule has 6 heteroatoms. The Kier molecular flexibility index (Phi) is 3.32. The standard InChI is InChI=1S/C10H9F4NO/c1-5(15)9(16)7-4-6(11)2-3-8(7)10(12,13)14/h2-5H,15H2,1H3. The quantitative estimate of drug-likeness (QED) is 0.631. The number of carbonyl (C=O) groups is 1. The van der Waals surface area contributed by atoms with E-state index in [4.69, 9.17) is 5.73 Å². The van der Waals surface area contributed by atoms with E-state index in [1.54, 1.807) is 0 Å². The van der Waals surface area contributed by atoms with Gasteiger partial charge in [-0.15, -0.1) is 0 Å². The van der Waals surface area contributed by atoms with Crippen molar-refractivity contribution in [1.82, 2.24) is 0 Å². The molecule has 2 nitrogen and oxygen atoms in total. The third-order valence-electron chi connectivity index (χ3n) is 1.97. The van der Waals surface area contributed by atoms with E-state index in [2.05, 4.69) is 0 Å². The average molecular weight is 235 g/mol. The highest BCUT2D eigenvalue weighted by Crippen LogP contribution is 2.32. The van der Waals surface area contributed by atoms with Crippen LogP contribution in [0.5, 0.6) is 0 Å². The first kappa shape index (κ1) is 12.6. The van der Waals surface area contributed by atoms with Crippen LogP contribution >= 0.6 is 0 Å². The van der Waals surface area contributed by atoms with Gasteiger partial charge in [0.1, 0.15) is 5.82 Å². The summed E-state index contributed by atoms with van der Waals surface area (Å²) >= 11 is 0. The number of carbonyl (C=O) groups excluding carboxylic acids is 1. The van der Waals surface area contributed by atoms with Gasteiger partial charge in [-0.3, -0.25) is 4.79 Å². The van der Waals surface area contributed by atoms with Crippen LogP contribution in [0.1, 0.15) is 22.8 Å². The zero-order chi connectivity index (χ0) is 12.5. The number of hydrogen-bond donors (Lipinski definition) is 1. The van der Waals surface area contributed by atoms with Crippen molar-refractivity contribution in [2.45, 2.75) is 19.1 Å². The fourth-order valence-electron chi connectivity index (χ4n) is 1.21. The molecule has 0 heterocycles. The Balaban J connectivity index is 3.35. The molecule has 0 aromatic heterocycles. The van der Waals surface area contributed by atoms with E-state index >= 15 is 0 Å². The Hall–Kier alpha value is -1.43. The first-order valence-electron chi connectivity index (χ1n) is 4.40.